The number of carbonyl (C=O) groups excluding carboxylic acids is 3. The first kappa shape index (κ1) is 16.4. The van der Waals surface area contributed by atoms with Gasteiger partial charge in [-0.25, -0.2) is 9.48 Å². The van der Waals surface area contributed by atoms with Crippen LogP contribution in [0, 0.1) is 0 Å². The van der Waals surface area contributed by atoms with Gasteiger partial charge in [0, 0.05) is 12.1 Å². The van der Waals surface area contributed by atoms with E-state index in [2.05, 4.69) is 5.10 Å². The lowest BCUT2D eigenvalue weighted by atomic mass is 10.1. The van der Waals surface area contributed by atoms with Crippen LogP contribution < -0.4 is 0 Å². The fourth-order valence-corrected chi connectivity index (χ4v) is 3.30. The molecule has 2 aliphatic rings. The van der Waals surface area contributed by atoms with Crippen LogP contribution in [0.5, 0.6) is 0 Å². The SMILES string of the molecule is O=C(ON1C(=O)c2ccccc2C1=O)c1ccccc1-n1ccc(C2CC2)n1. The van der Waals surface area contributed by atoms with Crippen molar-refractivity contribution in [2.75, 3.05) is 0 Å². The van der Waals surface area contributed by atoms with E-state index in [1.165, 1.54) is 12.1 Å². The molecule has 0 radical (unpaired) electrons. The normalized spacial score (nSPS) is 15.6. The van der Waals surface area contributed by atoms with Gasteiger partial charge in [-0.15, -0.1) is 0 Å². The summed E-state index contributed by atoms with van der Waals surface area (Å²) in [5.74, 6) is -1.62. The van der Waals surface area contributed by atoms with E-state index in [9.17, 15) is 14.4 Å². The quantitative estimate of drug-likeness (QED) is 0.657. The molecule has 2 aromatic carbocycles. The van der Waals surface area contributed by atoms with Gasteiger partial charge in [-0.05, 0) is 43.2 Å². The molecule has 28 heavy (non-hydrogen) atoms. The number of fused-ring (bicyclic) bond motifs is 1. The van der Waals surface area contributed by atoms with E-state index in [4.69, 9.17) is 4.84 Å². The Hall–Kier alpha value is -3.74. The fraction of sp³-hybridized carbons (Fsp3) is 0.143. The molecule has 0 spiro atoms. The van der Waals surface area contributed by atoms with Gasteiger partial charge < -0.3 is 4.84 Å². The summed E-state index contributed by atoms with van der Waals surface area (Å²) in [6.45, 7) is 0. The number of hydroxylamine groups is 2. The lowest BCUT2D eigenvalue weighted by molar-refractivity contribution is -0.0584. The van der Waals surface area contributed by atoms with Gasteiger partial charge in [0.2, 0.25) is 0 Å². The number of hydrogen-bond donors (Lipinski definition) is 0. The summed E-state index contributed by atoms with van der Waals surface area (Å²) in [5.41, 5.74) is 2.16. The summed E-state index contributed by atoms with van der Waals surface area (Å²) in [6, 6.07) is 15.1. The molecule has 1 aromatic heterocycles. The van der Waals surface area contributed by atoms with E-state index in [0.29, 0.717) is 16.7 Å². The Balaban J connectivity index is 1.43. The van der Waals surface area contributed by atoms with Crippen molar-refractivity contribution in [1.82, 2.24) is 14.8 Å². The van der Waals surface area contributed by atoms with Crippen LogP contribution in [0.3, 0.4) is 0 Å². The molecule has 1 saturated carbocycles. The number of amides is 2. The minimum atomic E-state index is -0.798. The molecule has 7 nitrogen and oxygen atoms in total. The summed E-state index contributed by atoms with van der Waals surface area (Å²) in [5, 5.41) is 5.06. The summed E-state index contributed by atoms with van der Waals surface area (Å²) in [4.78, 5) is 42.8. The molecule has 1 aliphatic heterocycles. The van der Waals surface area contributed by atoms with Crippen molar-refractivity contribution in [1.29, 1.82) is 0 Å². The Morgan fingerprint density at radius 2 is 1.57 bits per heavy atom. The van der Waals surface area contributed by atoms with E-state index < -0.39 is 17.8 Å². The van der Waals surface area contributed by atoms with Gasteiger partial charge in [0.1, 0.15) is 0 Å². The van der Waals surface area contributed by atoms with Crippen LogP contribution in [0.2, 0.25) is 0 Å². The van der Waals surface area contributed by atoms with Crippen LogP contribution in [-0.4, -0.2) is 32.6 Å². The average molecular weight is 373 g/mol. The van der Waals surface area contributed by atoms with E-state index in [0.717, 1.165) is 18.5 Å². The Bertz CT molecular complexity index is 1090. The lowest BCUT2D eigenvalue weighted by Crippen LogP contribution is -2.33. The number of carbonyl (C=O) groups is 3. The van der Waals surface area contributed by atoms with Crippen molar-refractivity contribution < 1.29 is 19.2 Å². The molecule has 0 saturated heterocycles. The number of aromatic nitrogens is 2. The first-order valence-corrected chi connectivity index (χ1v) is 8.98. The molecular weight excluding hydrogens is 358 g/mol. The van der Waals surface area contributed by atoms with Gasteiger partial charge in [-0.2, -0.15) is 5.10 Å². The fourth-order valence-electron chi connectivity index (χ4n) is 3.30. The highest BCUT2D eigenvalue weighted by atomic mass is 16.7. The molecular formula is C21H15N3O4. The minimum Gasteiger partial charge on any atom is -0.324 e. The predicted molar refractivity (Wildman–Crippen MR) is 97.9 cm³/mol. The van der Waals surface area contributed by atoms with E-state index in [-0.39, 0.29) is 16.7 Å². The summed E-state index contributed by atoms with van der Waals surface area (Å²) in [7, 11) is 0. The van der Waals surface area contributed by atoms with Crippen LogP contribution in [0.25, 0.3) is 5.69 Å². The molecule has 7 heteroatoms. The van der Waals surface area contributed by atoms with Crippen LogP contribution >= 0.6 is 0 Å². The molecule has 2 heterocycles. The van der Waals surface area contributed by atoms with Crippen molar-refractivity contribution in [3.8, 4) is 5.69 Å². The van der Waals surface area contributed by atoms with Crippen LogP contribution in [0.1, 0.15) is 55.5 Å². The molecule has 0 atom stereocenters. The van der Waals surface area contributed by atoms with Crippen LogP contribution in [-0.2, 0) is 4.84 Å². The number of hydrogen-bond acceptors (Lipinski definition) is 5. The zero-order chi connectivity index (χ0) is 19.3. The highest BCUT2D eigenvalue weighted by molar-refractivity contribution is 6.21. The number of rotatable bonds is 4. The van der Waals surface area contributed by atoms with Gasteiger partial charge >= 0.3 is 5.97 Å². The monoisotopic (exact) mass is 373 g/mol. The van der Waals surface area contributed by atoms with Gasteiger partial charge in [-0.1, -0.05) is 29.3 Å². The van der Waals surface area contributed by atoms with Gasteiger partial charge in [-0.3, -0.25) is 9.59 Å². The Morgan fingerprint density at radius 1 is 0.929 bits per heavy atom. The van der Waals surface area contributed by atoms with Crippen molar-refractivity contribution in [3.63, 3.8) is 0 Å². The van der Waals surface area contributed by atoms with Crippen LogP contribution in [0.4, 0.5) is 0 Å². The molecule has 0 N–H and O–H groups in total. The molecule has 1 fully saturated rings. The Morgan fingerprint density at radius 3 is 2.25 bits per heavy atom. The second kappa shape index (κ2) is 6.16. The minimum absolute atomic E-state index is 0.213. The highest BCUT2D eigenvalue weighted by Gasteiger charge is 2.39. The van der Waals surface area contributed by atoms with Gasteiger partial charge in [0.15, 0.2) is 0 Å². The standard InChI is InChI=1S/C21H15N3O4/c25-19-14-5-1-2-6-15(14)20(26)24(19)28-21(27)16-7-3-4-8-18(16)23-12-11-17(22-23)13-9-10-13/h1-8,11-13H,9-10H2. The maximum absolute atomic E-state index is 12.8. The molecule has 0 bridgehead atoms. The highest BCUT2D eigenvalue weighted by Crippen LogP contribution is 2.39. The summed E-state index contributed by atoms with van der Waals surface area (Å²) < 4.78 is 1.62. The second-order valence-corrected chi connectivity index (χ2v) is 6.81. The predicted octanol–water partition coefficient (Wildman–Crippen LogP) is 3.12. The van der Waals surface area contributed by atoms with E-state index in [1.54, 1.807) is 47.3 Å². The van der Waals surface area contributed by atoms with Gasteiger partial charge in [0.05, 0.1) is 28.1 Å². The smallest absolute Gasteiger partial charge is 0.324 e. The number of nitrogens with zero attached hydrogens (tertiary/aromatic N) is 3. The van der Waals surface area contributed by atoms with Crippen molar-refractivity contribution >= 4 is 17.8 Å². The molecule has 138 valence electrons. The number of imide groups is 1. The summed E-state index contributed by atoms with van der Waals surface area (Å²) in [6.07, 6.45) is 4.04. The average Bonchev–Trinajstić information content (AvgIpc) is 3.42. The van der Waals surface area contributed by atoms with Crippen molar-refractivity contribution in [2.45, 2.75) is 18.8 Å². The topological polar surface area (TPSA) is 81.5 Å². The number of para-hydroxylation sites is 1. The van der Waals surface area contributed by atoms with Crippen molar-refractivity contribution in [3.05, 3.63) is 83.2 Å². The molecule has 3 aromatic rings. The van der Waals surface area contributed by atoms with Crippen LogP contribution in [0.15, 0.2) is 60.8 Å². The third-order valence-corrected chi connectivity index (χ3v) is 4.91. The van der Waals surface area contributed by atoms with E-state index >= 15 is 0 Å². The molecule has 2 amide bonds. The van der Waals surface area contributed by atoms with Crippen molar-refractivity contribution in [2.24, 2.45) is 0 Å². The molecule has 5 rings (SSSR count). The first-order valence-electron chi connectivity index (χ1n) is 8.98. The second-order valence-electron chi connectivity index (χ2n) is 6.81. The maximum Gasteiger partial charge on any atom is 0.366 e. The lowest BCUT2D eigenvalue weighted by Gasteiger charge is -2.14. The first-order chi connectivity index (χ1) is 13.6. The maximum atomic E-state index is 12.8. The summed E-state index contributed by atoms with van der Waals surface area (Å²) >= 11 is 0. The molecule has 1 aliphatic carbocycles. The zero-order valence-electron chi connectivity index (χ0n) is 14.7. The third-order valence-electron chi connectivity index (χ3n) is 4.91. The molecule has 0 unspecified atom stereocenters. The van der Waals surface area contributed by atoms with E-state index in [1.807, 2.05) is 6.07 Å². The Labute approximate surface area is 160 Å². The zero-order valence-corrected chi connectivity index (χ0v) is 14.7. The van der Waals surface area contributed by atoms with Gasteiger partial charge in [0.25, 0.3) is 11.8 Å². The number of benzene rings is 2. The largest absolute Gasteiger partial charge is 0.366 e. The third kappa shape index (κ3) is 2.60. The Kier molecular flexibility index (Phi) is 3.61.